The van der Waals surface area contributed by atoms with Crippen LogP contribution in [0.3, 0.4) is 0 Å². The van der Waals surface area contributed by atoms with E-state index in [1.165, 1.54) is 0 Å². The van der Waals surface area contributed by atoms with Crippen molar-refractivity contribution >= 4 is 11.8 Å². The summed E-state index contributed by atoms with van der Waals surface area (Å²) >= 11 is 0. The molecule has 0 bridgehead atoms. The van der Waals surface area contributed by atoms with Gasteiger partial charge in [-0.2, -0.15) is 0 Å². The predicted molar refractivity (Wildman–Crippen MR) is 43.6 cm³/mol. The Morgan fingerprint density at radius 1 is 1.67 bits per heavy atom. The lowest BCUT2D eigenvalue weighted by Crippen LogP contribution is -2.14. The molecule has 68 valence electrons. The van der Waals surface area contributed by atoms with Crippen molar-refractivity contribution in [1.29, 1.82) is 0 Å². The van der Waals surface area contributed by atoms with Crippen LogP contribution in [0.2, 0.25) is 0 Å². The molecule has 1 fully saturated rings. The summed E-state index contributed by atoms with van der Waals surface area (Å²) in [5.41, 5.74) is 0. The minimum Gasteiger partial charge on any atom is -0.466 e. The van der Waals surface area contributed by atoms with Crippen molar-refractivity contribution in [3.05, 3.63) is 0 Å². The number of esters is 1. The summed E-state index contributed by atoms with van der Waals surface area (Å²) in [5, 5.41) is 0. The van der Waals surface area contributed by atoms with Crippen LogP contribution in [0.1, 0.15) is 32.6 Å². The molecule has 12 heavy (non-hydrogen) atoms. The van der Waals surface area contributed by atoms with E-state index in [1.54, 1.807) is 6.92 Å². The maximum absolute atomic E-state index is 11.1. The zero-order chi connectivity index (χ0) is 8.97. The Hall–Kier alpha value is -0.860. The Labute approximate surface area is 72.1 Å². The van der Waals surface area contributed by atoms with E-state index in [4.69, 9.17) is 4.74 Å². The van der Waals surface area contributed by atoms with Crippen LogP contribution in [0.25, 0.3) is 0 Å². The molecule has 0 aromatic carbocycles. The van der Waals surface area contributed by atoms with Gasteiger partial charge in [-0.1, -0.05) is 0 Å². The van der Waals surface area contributed by atoms with E-state index in [1.807, 2.05) is 0 Å². The molecule has 0 heterocycles. The molecule has 0 amide bonds. The molecule has 1 saturated carbocycles. The summed E-state index contributed by atoms with van der Waals surface area (Å²) in [6.07, 6.45) is 2.72. The second kappa shape index (κ2) is 4.24. The number of hydrogen-bond donors (Lipinski definition) is 0. The molecule has 1 unspecified atom stereocenters. The van der Waals surface area contributed by atoms with Crippen molar-refractivity contribution in [1.82, 2.24) is 0 Å². The highest BCUT2D eigenvalue weighted by Gasteiger charge is 2.26. The van der Waals surface area contributed by atoms with E-state index < -0.39 is 0 Å². The third-order valence-electron chi connectivity index (χ3n) is 2.15. The summed E-state index contributed by atoms with van der Waals surface area (Å²) in [4.78, 5) is 22.1. The first-order chi connectivity index (χ1) is 5.74. The van der Waals surface area contributed by atoms with Gasteiger partial charge in [0.1, 0.15) is 5.78 Å². The molecule has 3 nitrogen and oxygen atoms in total. The molecule has 1 aliphatic carbocycles. The van der Waals surface area contributed by atoms with Gasteiger partial charge in [-0.3, -0.25) is 9.59 Å². The Kier molecular flexibility index (Phi) is 3.26. The molecule has 0 aromatic heterocycles. The maximum atomic E-state index is 11.1. The highest BCUT2D eigenvalue weighted by molar-refractivity contribution is 5.86. The van der Waals surface area contributed by atoms with E-state index in [0.717, 1.165) is 12.8 Å². The maximum Gasteiger partial charge on any atom is 0.306 e. The van der Waals surface area contributed by atoms with Gasteiger partial charge in [0.25, 0.3) is 0 Å². The van der Waals surface area contributed by atoms with Crippen molar-refractivity contribution < 1.29 is 14.3 Å². The van der Waals surface area contributed by atoms with Gasteiger partial charge in [0.15, 0.2) is 0 Å². The number of ether oxygens (including phenoxy) is 1. The Morgan fingerprint density at radius 3 is 2.92 bits per heavy atom. The van der Waals surface area contributed by atoms with Gasteiger partial charge in [-0.15, -0.1) is 0 Å². The van der Waals surface area contributed by atoms with E-state index >= 15 is 0 Å². The van der Waals surface area contributed by atoms with Crippen molar-refractivity contribution in [3.8, 4) is 0 Å². The molecule has 1 atom stereocenters. The van der Waals surface area contributed by atoms with Gasteiger partial charge in [-0.25, -0.2) is 0 Å². The zero-order valence-corrected chi connectivity index (χ0v) is 7.34. The number of carbonyl (C=O) groups excluding carboxylic acids is 2. The fourth-order valence-corrected chi connectivity index (χ4v) is 1.52. The molecule has 0 spiro atoms. The topological polar surface area (TPSA) is 43.4 Å². The first kappa shape index (κ1) is 9.23. The third-order valence-corrected chi connectivity index (χ3v) is 2.15. The predicted octanol–water partition coefficient (Wildman–Crippen LogP) is 1.31. The molecule has 0 radical (unpaired) electrons. The van der Waals surface area contributed by atoms with E-state index in [-0.39, 0.29) is 24.1 Å². The van der Waals surface area contributed by atoms with Crippen molar-refractivity contribution in [2.24, 2.45) is 5.92 Å². The standard InChI is InChI=1S/C9H14O3/c1-2-12-9(11)6-7-4-3-5-8(7)10/h7H,2-6H2,1H3. The molecule has 3 heteroatoms. The number of hydrogen-bond acceptors (Lipinski definition) is 3. The van der Waals surface area contributed by atoms with Crippen molar-refractivity contribution in [3.63, 3.8) is 0 Å². The summed E-state index contributed by atoms with van der Waals surface area (Å²) in [6.45, 7) is 2.17. The molecule has 0 aromatic rings. The van der Waals surface area contributed by atoms with E-state index in [9.17, 15) is 9.59 Å². The average molecular weight is 170 g/mol. The van der Waals surface area contributed by atoms with Gasteiger partial charge >= 0.3 is 5.97 Å². The molecule has 0 aliphatic heterocycles. The van der Waals surface area contributed by atoms with Gasteiger partial charge < -0.3 is 4.74 Å². The summed E-state index contributed by atoms with van der Waals surface area (Å²) < 4.78 is 4.76. The fourth-order valence-electron chi connectivity index (χ4n) is 1.52. The van der Waals surface area contributed by atoms with Crippen molar-refractivity contribution in [2.75, 3.05) is 6.61 Å². The van der Waals surface area contributed by atoms with Gasteiger partial charge in [0.05, 0.1) is 13.0 Å². The van der Waals surface area contributed by atoms with Crippen LogP contribution in [0, 0.1) is 5.92 Å². The molecular formula is C9H14O3. The van der Waals surface area contributed by atoms with Crippen LogP contribution >= 0.6 is 0 Å². The second-order valence-corrected chi connectivity index (χ2v) is 3.06. The fraction of sp³-hybridized carbons (Fsp3) is 0.778. The van der Waals surface area contributed by atoms with Gasteiger partial charge in [0.2, 0.25) is 0 Å². The number of rotatable bonds is 3. The van der Waals surface area contributed by atoms with Crippen LogP contribution < -0.4 is 0 Å². The van der Waals surface area contributed by atoms with Crippen LogP contribution in [-0.2, 0) is 14.3 Å². The Morgan fingerprint density at radius 2 is 2.42 bits per heavy atom. The average Bonchev–Trinajstić information content (AvgIpc) is 2.37. The van der Waals surface area contributed by atoms with Crippen molar-refractivity contribution in [2.45, 2.75) is 32.6 Å². The quantitative estimate of drug-likeness (QED) is 0.600. The summed E-state index contributed by atoms with van der Waals surface area (Å²) in [5.74, 6) is -0.0650. The normalized spacial score (nSPS) is 22.8. The number of ketones is 1. The largest absolute Gasteiger partial charge is 0.466 e. The molecule has 1 aliphatic rings. The van der Waals surface area contributed by atoms with Crippen LogP contribution in [0.15, 0.2) is 0 Å². The monoisotopic (exact) mass is 170 g/mol. The highest BCUT2D eigenvalue weighted by atomic mass is 16.5. The number of carbonyl (C=O) groups is 2. The first-order valence-corrected chi connectivity index (χ1v) is 4.42. The molecule has 1 rings (SSSR count). The number of Topliss-reactive ketones (excluding diaryl/α,β-unsaturated/α-hetero) is 1. The Balaban J connectivity index is 2.30. The Bertz CT molecular complexity index is 186. The summed E-state index contributed by atoms with van der Waals surface area (Å²) in [7, 11) is 0. The van der Waals surface area contributed by atoms with E-state index in [2.05, 4.69) is 0 Å². The second-order valence-electron chi connectivity index (χ2n) is 3.06. The third kappa shape index (κ3) is 2.32. The highest BCUT2D eigenvalue weighted by Crippen LogP contribution is 2.24. The smallest absolute Gasteiger partial charge is 0.306 e. The zero-order valence-electron chi connectivity index (χ0n) is 7.34. The lowest BCUT2D eigenvalue weighted by molar-refractivity contribution is -0.145. The van der Waals surface area contributed by atoms with Crippen LogP contribution in [-0.4, -0.2) is 18.4 Å². The first-order valence-electron chi connectivity index (χ1n) is 4.42. The summed E-state index contributed by atoms with van der Waals surface area (Å²) in [6, 6.07) is 0. The van der Waals surface area contributed by atoms with Gasteiger partial charge in [-0.05, 0) is 19.8 Å². The lowest BCUT2D eigenvalue weighted by atomic mass is 10.0. The van der Waals surface area contributed by atoms with Gasteiger partial charge in [0, 0.05) is 12.3 Å². The van der Waals surface area contributed by atoms with Crippen LogP contribution in [0.4, 0.5) is 0 Å². The molecule has 0 saturated heterocycles. The van der Waals surface area contributed by atoms with E-state index in [0.29, 0.717) is 13.0 Å². The van der Waals surface area contributed by atoms with Crippen LogP contribution in [0.5, 0.6) is 0 Å². The SMILES string of the molecule is CCOC(=O)CC1CCCC1=O. The molecule has 0 N–H and O–H groups in total. The minimum absolute atomic E-state index is 0.0518. The lowest BCUT2D eigenvalue weighted by Gasteiger charge is -2.05. The molecular weight excluding hydrogens is 156 g/mol. The minimum atomic E-state index is -0.238.